The number of benzene rings is 1. The summed E-state index contributed by atoms with van der Waals surface area (Å²) in [6.07, 6.45) is 0. The summed E-state index contributed by atoms with van der Waals surface area (Å²) in [5.41, 5.74) is -0.264. The van der Waals surface area contributed by atoms with Gasteiger partial charge in [-0.15, -0.1) is 0 Å². The smallest absolute Gasteiger partial charge is 0.331 e. The number of ether oxygens (including phenoxy) is 3. The van der Waals surface area contributed by atoms with Gasteiger partial charge in [0.15, 0.2) is 11.5 Å². The Morgan fingerprint density at radius 1 is 1.09 bits per heavy atom. The fraction of sp³-hybridized carbons (Fsp3) is 0.467. The fourth-order valence-corrected chi connectivity index (χ4v) is 1.81. The number of rotatable bonds is 6. The zero-order valence-corrected chi connectivity index (χ0v) is 13.5. The van der Waals surface area contributed by atoms with Crippen molar-refractivity contribution >= 4 is 12.0 Å². The molecule has 7 heteroatoms. The Hall–Kier alpha value is -2.44. The minimum absolute atomic E-state index is 0.281. The molecule has 0 saturated heterocycles. The summed E-state index contributed by atoms with van der Waals surface area (Å²) in [6.45, 7) is 3.41. The summed E-state index contributed by atoms with van der Waals surface area (Å²) in [4.78, 5) is 23.3. The van der Waals surface area contributed by atoms with Crippen molar-refractivity contribution in [3.63, 3.8) is 0 Å². The molecule has 122 valence electrons. The topological polar surface area (TPSA) is 85.9 Å². The minimum atomic E-state index is -1.10. The molecule has 1 aromatic carbocycles. The normalized spacial score (nSPS) is 10.6. The predicted octanol–water partition coefficient (Wildman–Crippen LogP) is 1.45. The van der Waals surface area contributed by atoms with Gasteiger partial charge in [0, 0.05) is 6.54 Å². The van der Waals surface area contributed by atoms with Crippen LogP contribution in [0.25, 0.3) is 0 Å². The molecule has 0 heterocycles. The Bertz CT molecular complexity index is 543. The first-order valence-corrected chi connectivity index (χ1v) is 6.69. The number of nitrogens with one attached hydrogen (secondary N) is 2. The second-order valence-corrected chi connectivity index (χ2v) is 5.11. The van der Waals surface area contributed by atoms with Crippen LogP contribution in [0.2, 0.25) is 0 Å². The third-order valence-corrected chi connectivity index (χ3v) is 3.02. The van der Waals surface area contributed by atoms with Gasteiger partial charge < -0.3 is 24.8 Å². The number of methoxy groups -OCH3 is 3. The largest absolute Gasteiger partial charge is 0.493 e. The van der Waals surface area contributed by atoms with E-state index in [1.54, 1.807) is 40.2 Å². The summed E-state index contributed by atoms with van der Waals surface area (Å²) in [6, 6.07) is 4.87. The summed E-state index contributed by atoms with van der Waals surface area (Å²) in [7, 11) is 4.37. The van der Waals surface area contributed by atoms with E-state index < -0.39 is 17.5 Å². The predicted molar refractivity (Wildman–Crippen MR) is 81.0 cm³/mol. The number of hydrogen-bond donors (Lipinski definition) is 2. The lowest BCUT2D eigenvalue weighted by Crippen LogP contribution is -2.53. The third kappa shape index (κ3) is 4.54. The van der Waals surface area contributed by atoms with E-state index >= 15 is 0 Å². The average molecular weight is 310 g/mol. The van der Waals surface area contributed by atoms with E-state index in [0.29, 0.717) is 11.5 Å². The molecular weight excluding hydrogens is 288 g/mol. The molecule has 0 aliphatic heterocycles. The highest BCUT2D eigenvalue weighted by molar-refractivity contribution is 5.86. The first-order valence-electron chi connectivity index (χ1n) is 6.69. The van der Waals surface area contributed by atoms with Crippen LogP contribution in [-0.4, -0.2) is 38.9 Å². The van der Waals surface area contributed by atoms with Crippen molar-refractivity contribution in [3.05, 3.63) is 23.8 Å². The van der Waals surface area contributed by atoms with Gasteiger partial charge in [-0.1, -0.05) is 6.07 Å². The number of carbonyl (C=O) groups excluding carboxylic acids is 2. The van der Waals surface area contributed by atoms with Crippen LogP contribution in [-0.2, 0) is 16.1 Å². The second kappa shape index (κ2) is 7.53. The molecule has 0 aromatic heterocycles. The number of amides is 2. The molecule has 0 radical (unpaired) electrons. The molecule has 0 unspecified atom stereocenters. The lowest BCUT2D eigenvalue weighted by atomic mass is 10.1. The summed E-state index contributed by atoms with van der Waals surface area (Å²) in [5, 5.41) is 5.22. The van der Waals surface area contributed by atoms with Crippen molar-refractivity contribution in [3.8, 4) is 11.5 Å². The molecule has 0 bridgehead atoms. The zero-order chi connectivity index (χ0) is 16.8. The molecule has 22 heavy (non-hydrogen) atoms. The Balaban J connectivity index is 2.63. The van der Waals surface area contributed by atoms with Gasteiger partial charge in [-0.3, -0.25) is 0 Å². The molecule has 0 atom stereocenters. The Morgan fingerprint density at radius 3 is 2.27 bits per heavy atom. The van der Waals surface area contributed by atoms with E-state index in [0.717, 1.165) is 5.56 Å². The lowest BCUT2D eigenvalue weighted by molar-refractivity contribution is -0.146. The van der Waals surface area contributed by atoms with Crippen molar-refractivity contribution < 1.29 is 23.8 Å². The third-order valence-electron chi connectivity index (χ3n) is 3.02. The second-order valence-electron chi connectivity index (χ2n) is 5.11. The number of urea groups is 1. The van der Waals surface area contributed by atoms with Gasteiger partial charge in [-0.2, -0.15) is 0 Å². The van der Waals surface area contributed by atoms with E-state index in [4.69, 9.17) is 9.47 Å². The average Bonchev–Trinajstić information content (AvgIpc) is 2.51. The van der Waals surface area contributed by atoms with Crippen LogP contribution in [0.3, 0.4) is 0 Å². The summed E-state index contributed by atoms with van der Waals surface area (Å²) in [5.74, 6) is 0.674. The fourth-order valence-electron chi connectivity index (χ4n) is 1.81. The van der Waals surface area contributed by atoms with Gasteiger partial charge in [0.2, 0.25) is 0 Å². The van der Waals surface area contributed by atoms with Gasteiger partial charge in [-0.05, 0) is 31.5 Å². The number of hydrogen-bond acceptors (Lipinski definition) is 5. The molecule has 1 aromatic rings. The van der Waals surface area contributed by atoms with Gasteiger partial charge in [0.25, 0.3) is 0 Å². The van der Waals surface area contributed by atoms with Crippen LogP contribution in [0.15, 0.2) is 18.2 Å². The summed E-state index contributed by atoms with van der Waals surface area (Å²) >= 11 is 0. The molecule has 1 rings (SSSR count). The molecule has 7 nitrogen and oxygen atoms in total. The Kier molecular flexibility index (Phi) is 6.03. The molecule has 0 aliphatic carbocycles. The Morgan fingerprint density at radius 2 is 1.73 bits per heavy atom. The quantitative estimate of drug-likeness (QED) is 0.777. The van der Waals surface area contributed by atoms with Gasteiger partial charge in [0.1, 0.15) is 5.54 Å². The summed E-state index contributed by atoms with van der Waals surface area (Å²) < 4.78 is 15.0. The molecule has 0 spiro atoms. The van der Waals surface area contributed by atoms with Crippen molar-refractivity contribution in [1.82, 2.24) is 10.6 Å². The highest BCUT2D eigenvalue weighted by atomic mass is 16.5. The molecule has 0 aliphatic rings. The van der Waals surface area contributed by atoms with Gasteiger partial charge in [0.05, 0.1) is 21.3 Å². The molecular formula is C15H22N2O5. The number of esters is 1. The highest BCUT2D eigenvalue weighted by Crippen LogP contribution is 2.27. The zero-order valence-electron chi connectivity index (χ0n) is 13.5. The van der Waals surface area contributed by atoms with E-state index in [1.165, 1.54) is 7.11 Å². The SMILES string of the molecule is COC(=O)C(C)(C)NC(=O)NCc1ccc(OC)c(OC)c1. The minimum Gasteiger partial charge on any atom is -0.493 e. The van der Waals surface area contributed by atoms with E-state index in [-0.39, 0.29) is 6.54 Å². The van der Waals surface area contributed by atoms with E-state index in [1.807, 2.05) is 6.07 Å². The van der Waals surface area contributed by atoms with Crippen LogP contribution in [0.5, 0.6) is 11.5 Å². The molecule has 2 N–H and O–H groups in total. The van der Waals surface area contributed by atoms with Crippen molar-refractivity contribution in [2.45, 2.75) is 25.9 Å². The van der Waals surface area contributed by atoms with Crippen molar-refractivity contribution in [1.29, 1.82) is 0 Å². The van der Waals surface area contributed by atoms with Crippen LogP contribution < -0.4 is 20.1 Å². The Labute approximate surface area is 129 Å². The maximum Gasteiger partial charge on any atom is 0.331 e. The maximum absolute atomic E-state index is 11.8. The first kappa shape index (κ1) is 17.6. The van der Waals surface area contributed by atoms with E-state index in [2.05, 4.69) is 15.4 Å². The number of carbonyl (C=O) groups is 2. The van der Waals surface area contributed by atoms with Crippen LogP contribution in [0.4, 0.5) is 4.79 Å². The van der Waals surface area contributed by atoms with Crippen molar-refractivity contribution in [2.75, 3.05) is 21.3 Å². The monoisotopic (exact) mass is 310 g/mol. The van der Waals surface area contributed by atoms with Crippen LogP contribution in [0, 0.1) is 0 Å². The van der Waals surface area contributed by atoms with Crippen molar-refractivity contribution in [2.24, 2.45) is 0 Å². The van der Waals surface area contributed by atoms with Crippen LogP contribution in [0.1, 0.15) is 19.4 Å². The standard InChI is InChI=1S/C15H22N2O5/c1-15(2,13(18)22-5)17-14(19)16-9-10-6-7-11(20-3)12(8-10)21-4/h6-8H,9H2,1-5H3,(H2,16,17,19). The van der Waals surface area contributed by atoms with Gasteiger partial charge in [-0.25, -0.2) is 9.59 Å². The first-order chi connectivity index (χ1) is 10.3. The molecule has 0 fully saturated rings. The lowest BCUT2D eigenvalue weighted by Gasteiger charge is -2.23. The van der Waals surface area contributed by atoms with Crippen LogP contribution >= 0.6 is 0 Å². The highest BCUT2D eigenvalue weighted by Gasteiger charge is 2.30. The van der Waals surface area contributed by atoms with Gasteiger partial charge >= 0.3 is 12.0 Å². The molecule has 2 amide bonds. The molecule has 0 saturated carbocycles. The maximum atomic E-state index is 11.8. The van der Waals surface area contributed by atoms with E-state index in [9.17, 15) is 9.59 Å².